The van der Waals surface area contributed by atoms with E-state index in [9.17, 15) is 4.79 Å². The summed E-state index contributed by atoms with van der Waals surface area (Å²) in [6.07, 6.45) is 0.828. The van der Waals surface area contributed by atoms with Crippen molar-refractivity contribution < 1.29 is 14.1 Å². The molecule has 0 saturated carbocycles. The largest absolute Gasteiger partial charge is 0.496 e. The monoisotopic (exact) mass is 458 g/mol. The Morgan fingerprint density at radius 3 is 2.50 bits per heavy atom. The fourth-order valence-electron chi connectivity index (χ4n) is 4.54. The summed E-state index contributed by atoms with van der Waals surface area (Å²) in [6, 6.07) is 5.94. The number of carbonyl (C=O) groups excluding carboxylic acids is 1. The van der Waals surface area contributed by atoms with Crippen LogP contribution in [0.3, 0.4) is 0 Å². The first-order valence-electron chi connectivity index (χ1n) is 11.2. The van der Waals surface area contributed by atoms with E-state index in [4.69, 9.17) is 14.3 Å². The van der Waals surface area contributed by atoms with Crippen LogP contribution in [0.4, 0.5) is 0 Å². The van der Waals surface area contributed by atoms with Gasteiger partial charge in [0.1, 0.15) is 11.5 Å². The zero-order valence-corrected chi connectivity index (χ0v) is 20.7. The number of aromatic amines is 2. The minimum Gasteiger partial charge on any atom is -0.496 e. The van der Waals surface area contributed by atoms with Crippen LogP contribution in [0.25, 0.3) is 22.0 Å². The molecule has 34 heavy (non-hydrogen) atoms. The maximum atomic E-state index is 11.6. The molecule has 2 N–H and O–H groups in total. The lowest BCUT2D eigenvalue weighted by molar-refractivity contribution is 0.111. The SMILES string of the molecule is C=C(C)/N=C(/c1cc(C=O)[nH]c1C(C)C)c1c(C)[nH]c2cc(-c3c(C)noc3C)c(OC)cc12. The standard InChI is InChI=1S/C27H30N4O3/c1-13(2)26-21(9-18(12-32)30-26)27(28-14(3)4)25-15(5)29-22-10-20(23(33-8)11-19(22)25)24-16(6)31-34-17(24)7/h9-13,29-30H,3H2,1-2,4-8H3/b28-27-. The molecule has 3 heterocycles. The van der Waals surface area contributed by atoms with Gasteiger partial charge in [0.25, 0.3) is 0 Å². The van der Waals surface area contributed by atoms with Gasteiger partial charge in [0.15, 0.2) is 6.29 Å². The van der Waals surface area contributed by atoms with Gasteiger partial charge in [0.05, 0.1) is 29.8 Å². The molecule has 0 aliphatic carbocycles. The van der Waals surface area contributed by atoms with Crippen LogP contribution in [-0.2, 0) is 0 Å². The minimum absolute atomic E-state index is 0.171. The first-order valence-corrected chi connectivity index (χ1v) is 11.2. The molecular weight excluding hydrogens is 428 g/mol. The van der Waals surface area contributed by atoms with E-state index >= 15 is 0 Å². The molecule has 0 unspecified atom stereocenters. The predicted molar refractivity (Wildman–Crippen MR) is 135 cm³/mol. The summed E-state index contributed by atoms with van der Waals surface area (Å²) in [7, 11) is 1.66. The Morgan fingerprint density at radius 2 is 1.94 bits per heavy atom. The van der Waals surface area contributed by atoms with E-state index in [0.29, 0.717) is 17.1 Å². The van der Waals surface area contributed by atoms with Crippen molar-refractivity contribution >= 4 is 22.9 Å². The minimum atomic E-state index is 0.171. The van der Waals surface area contributed by atoms with Gasteiger partial charge in [0, 0.05) is 44.7 Å². The Hall–Kier alpha value is -3.87. The number of hydrogen-bond donors (Lipinski definition) is 2. The molecule has 4 aromatic rings. The van der Waals surface area contributed by atoms with Crippen LogP contribution in [0.2, 0.25) is 0 Å². The lowest BCUT2D eigenvalue weighted by atomic mass is 9.94. The number of nitrogens with zero attached hydrogens (tertiary/aromatic N) is 2. The van der Waals surface area contributed by atoms with E-state index < -0.39 is 0 Å². The molecule has 4 rings (SSSR count). The Labute approximate surface area is 198 Å². The number of aldehydes is 1. The number of benzene rings is 1. The van der Waals surface area contributed by atoms with Gasteiger partial charge >= 0.3 is 0 Å². The summed E-state index contributed by atoms with van der Waals surface area (Å²) in [4.78, 5) is 23.2. The second-order valence-electron chi connectivity index (χ2n) is 8.94. The zero-order valence-electron chi connectivity index (χ0n) is 20.7. The van der Waals surface area contributed by atoms with Crippen LogP contribution < -0.4 is 4.74 Å². The van der Waals surface area contributed by atoms with E-state index in [-0.39, 0.29) is 5.92 Å². The normalized spacial score (nSPS) is 12.1. The number of aliphatic imine (C=N–C) groups is 1. The summed E-state index contributed by atoms with van der Waals surface area (Å²) in [5.74, 6) is 1.62. The molecule has 7 heteroatoms. The highest BCUT2D eigenvalue weighted by Gasteiger charge is 2.24. The van der Waals surface area contributed by atoms with Crippen molar-refractivity contribution in [2.75, 3.05) is 7.11 Å². The number of nitrogens with one attached hydrogen (secondary N) is 2. The Balaban J connectivity index is 2.03. The number of aryl methyl sites for hydroxylation is 3. The second kappa shape index (κ2) is 8.82. The van der Waals surface area contributed by atoms with Gasteiger partial charge in [-0.1, -0.05) is 25.6 Å². The lowest BCUT2D eigenvalue weighted by Crippen LogP contribution is -2.08. The number of aromatic nitrogens is 3. The van der Waals surface area contributed by atoms with E-state index in [1.165, 1.54) is 0 Å². The van der Waals surface area contributed by atoms with Gasteiger partial charge in [-0.25, -0.2) is 0 Å². The van der Waals surface area contributed by atoms with Gasteiger partial charge < -0.3 is 19.2 Å². The van der Waals surface area contributed by atoms with Crippen LogP contribution in [0.1, 0.15) is 71.1 Å². The van der Waals surface area contributed by atoms with Crippen LogP contribution in [0, 0.1) is 20.8 Å². The summed E-state index contributed by atoms with van der Waals surface area (Å²) in [5.41, 5.74) is 9.27. The quantitative estimate of drug-likeness (QED) is 0.248. The molecular formula is C27H30N4O3. The highest BCUT2D eigenvalue weighted by molar-refractivity contribution is 6.22. The molecule has 0 radical (unpaired) electrons. The average Bonchev–Trinajstić information content (AvgIpc) is 3.45. The van der Waals surface area contributed by atoms with Crippen LogP contribution in [-0.4, -0.2) is 34.2 Å². The molecule has 0 saturated heterocycles. The highest BCUT2D eigenvalue weighted by atomic mass is 16.5. The van der Waals surface area contributed by atoms with Gasteiger partial charge in [-0.05, 0) is 51.8 Å². The zero-order chi connectivity index (χ0) is 24.7. The predicted octanol–water partition coefficient (Wildman–Crippen LogP) is 6.39. The number of carbonyl (C=O) groups is 1. The van der Waals surface area contributed by atoms with Crippen molar-refractivity contribution in [1.82, 2.24) is 15.1 Å². The van der Waals surface area contributed by atoms with E-state index in [2.05, 4.69) is 41.6 Å². The number of H-pyrrole nitrogens is 2. The molecule has 0 amide bonds. The van der Waals surface area contributed by atoms with Gasteiger partial charge in [-0.15, -0.1) is 0 Å². The van der Waals surface area contributed by atoms with Crippen LogP contribution >= 0.6 is 0 Å². The maximum Gasteiger partial charge on any atom is 0.166 e. The number of ether oxygens (including phenoxy) is 1. The topological polar surface area (TPSA) is 96.3 Å². The van der Waals surface area contributed by atoms with Gasteiger partial charge in [-0.3, -0.25) is 9.79 Å². The number of rotatable bonds is 7. The third-order valence-corrected chi connectivity index (χ3v) is 5.98. The Kier molecular flexibility index (Phi) is 6.04. The van der Waals surface area contributed by atoms with Crippen LogP contribution in [0.5, 0.6) is 5.75 Å². The molecule has 0 spiro atoms. The van der Waals surface area contributed by atoms with E-state index in [0.717, 1.165) is 68.0 Å². The number of fused-ring (bicyclic) bond motifs is 1. The summed E-state index contributed by atoms with van der Waals surface area (Å²) >= 11 is 0. The molecule has 176 valence electrons. The molecule has 0 aliphatic rings. The van der Waals surface area contributed by atoms with Crippen molar-refractivity contribution in [1.29, 1.82) is 0 Å². The molecule has 0 bridgehead atoms. The molecule has 1 aromatic carbocycles. The molecule has 0 aliphatic heterocycles. The Morgan fingerprint density at radius 1 is 1.21 bits per heavy atom. The third-order valence-electron chi connectivity index (χ3n) is 5.98. The lowest BCUT2D eigenvalue weighted by Gasteiger charge is -2.13. The number of allylic oxidation sites excluding steroid dienone is 1. The van der Waals surface area contributed by atoms with Crippen molar-refractivity contribution in [2.24, 2.45) is 4.99 Å². The average molecular weight is 459 g/mol. The van der Waals surface area contributed by atoms with Gasteiger partial charge in [0.2, 0.25) is 0 Å². The molecule has 0 atom stereocenters. The first-order chi connectivity index (χ1) is 16.2. The first kappa shape index (κ1) is 23.3. The number of methoxy groups -OCH3 is 1. The highest BCUT2D eigenvalue weighted by Crippen LogP contribution is 2.40. The van der Waals surface area contributed by atoms with Gasteiger partial charge in [-0.2, -0.15) is 0 Å². The third kappa shape index (κ3) is 3.87. The van der Waals surface area contributed by atoms with Crippen LogP contribution in [0.15, 0.2) is 40.0 Å². The van der Waals surface area contributed by atoms with E-state index in [1.807, 2.05) is 39.8 Å². The Bertz CT molecular complexity index is 1430. The summed E-state index contributed by atoms with van der Waals surface area (Å²) < 4.78 is 11.2. The fraction of sp³-hybridized carbons (Fsp3) is 0.296. The summed E-state index contributed by atoms with van der Waals surface area (Å²) in [6.45, 7) is 15.9. The van der Waals surface area contributed by atoms with Crippen molar-refractivity contribution in [2.45, 2.75) is 47.5 Å². The van der Waals surface area contributed by atoms with E-state index in [1.54, 1.807) is 7.11 Å². The second-order valence-corrected chi connectivity index (χ2v) is 8.94. The van der Waals surface area contributed by atoms with Crippen molar-refractivity contribution in [3.8, 4) is 16.9 Å². The number of hydrogen-bond acceptors (Lipinski definition) is 5. The smallest absolute Gasteiger partial charge is 0.166 e. The fourth-order valence-corrected chi connectivity index (χ4v) is 4.54. The van der Waals surface area contributed by atoms with Crippen molar-refractivity contribution in [3.63, 3.8) is 0 Å². The molecule has 7 nitrogen and oxygen atoms in total. The van der Waals surface area contributed by atoms with Crippen molar-refractivity contribution in [3.05, 3.63) is 70.1 Å². The molecule has 0 fully saturated rings. The maximum absolute atomic E-state index is 11.6. The molecule has 3 aromatic heterocycles. The summed E-state index contributed by atoms with van der Waals surface area (Å²) in [5, 5.41) is 5.07.